The van der Waals surface area contributed by atoms with Gasteiger partial charge in [-0.05, 0) is 54.9 Å². The second-order valence-electron chi connectivity index (χ2n) is 10.5. The highest BCUT2D eigenvalue weighted by molar-refractivity contribution is 6.31. The first kappa shape index (κ1) is 33.7. The van der Waals surface area contributed by atoms with Gasteiger partial charge in [0.1, 0.15) is 11.8 Å². The standard InChI is InChI=1S/C27H36ClF3N4O6/c1-15(36)35-20(8-7-9-34-25(32)33)24(38)40-11-6-5-10-39-23(37)17-12-16-13-19(28)18(26(2,3)4)14-21(16)41-22(17)27(29,30)31/h12-14,20,22H,5-11H2,1-4H3,(H,35,36)(H4,32,33,34)/t20-,22?/m0/s1. The first-order chi connectivity index (χ1) is 19.0. The normalized spacial score (nSPS) is 15.5. The molecule has 1 aliphatic rings. The van der Waals surface area contributed by atoms with Gasteiger partial charge in [0, 0.05) is 24.1 Å². The number of carbonyl (C=O) groups is 3. The molecule has 0 saturated heterocycles. The van der Waals surface area contributed by atoms with E-state index in [2.05, 4.69) is 10.3 Å². The van der Waals surface area contributed by atoms with Crippen LogP contribution >= 0.6 is 11.6 Å². The number of fused-ring (bicyclic) bond motifs is 1. The number of benzene rings is 1. The largest absolute Gasteiger partial charge is 0.475 e. The highest BCUT2D eigenvalue weighted by atomic mass is 35.5. The maximum atomic E-state index is 13.8. The Morgan fingerprint density at radius 3 is 2.29 bits per heavy atom. The SMILES string of the molecule is CC(=O)N[C@@H](CCCN=C(N)N)C(=O)OCCCCOC(=O)C1=Cc2cc(Cl)c(C(C)(C)C)cc2OC1C(F)(F)F. The molecule has 0 bridgehead atoms. The molecule has 0 aromatic heterocycles. The van der Waals surface area contributed by atoms with E-state index >= 15 is 0 Å². The van der Waals surface area contributed by atoms with Crippen LogP contribution in [0.3, 0.4) is 0 Å². The number of ether oxygens (including phenoxy) is 3. The summed E-state index contributed by atoms with van der Waals surface area (Å²) in [7, 11) is 0. The lowest BCUT2D eigenvalue weighted by molar-refractivity contribution is -0.188. The number of halogens is 4. The zero-order chi connectivity index (χ0) is 31.0. The summed E-state index contributed by atoms with van der Waals surface area (Å²) in [5.74, 6) is -2.38. The van der Waals surface area contributed by atoms with E-state index in [0.29, 0.717) is 17.0 Å². The number of hydrogen-bond acceptors (Lipinski definition) is 7. The van der Waals surface area contributed by atoms with Crippen molar-refractivity contribution in [1.82, 2.24) is 5.32 Å². The zero-order valence-corrected chi connectivity index (χ0v) is 24.2. The third-order valence-electron chi connectivity index (χ3n) is 5.90. The van der Waals surface area contributed by atoms with Crippen LogP contribution in [0.5, 0.6) is 5.75 Å². The molecular weight excluding hydrogens is 569 g/mol. The summed E-state index contributed by atoms with van der Waals surface area (Å²) in [5.41, 5.74) is 10.2. The van der Waals surface area contributed by atoms with Gasteiger partial charge in [-0.25, -0.2) is 9.59 Å². The molecule has 2 atom stereocenters. The van der Waals surface area contributed by atoms with Gasteiger partial charge in [0.05, 0.1) is 18.8 Å². The average Bonchev–Trinajstić information content (AvgIpc) is 2.84. The predicted molar refractivity (Wildman–Crippen MR) is 147 cm³/mol. The Balaban J connectivity index is 1.94. The van der Waals surface area contributed by atoms with Gasteiger partial charge < -0.3 is 31.0 Å². The molecule has 0 saturated carbocycles. The van der Waals surface area contributed by atoms with Crippen LogP contribution in [0.4, 0.5) is 13.2 Å². The molecule has 1 heterocycles. The lowest BCUT2D eigenvalue weighted by Crippen LogP contribution is -2.41. The van der Waals surface area contributed by atoms with E-state index in [1.54, 1.807) is 0 Å². The Morgan fingerprint density at radius 2 is 1.73 bits per heavy atom. The summed E-state index contributed by atoms with van der Waals surface area (Å²) < 4.78 is 56.9. The summed E-state index contributed by atoms with van der Waals surface area (Å²) in [6.45, 7) is 6.85. The summed E-state index contributed by atoms with van der Waals surface area (Å²) >= 11 is 6.35. The minimum Gasteiger partial charge on any atom is -0.475 e. The zero-order valence-electron chi connectivity index (χ0n) is 23.4. The third-order valence-corrected chi connectivity index (χ3v) is 6.21. The number of nitrogens with one attached hydrogen (secondary N) is 1. The molecule has 0 spiro atoms. The highest BCUT2D eigenvalue weighted by Gasteiger charge is 2.49. The maximum Gasteiger partial charge on any atom is 0.430 e. The van der Waals surface area contributed by atoms with Crippen molar-refractivity contribution in [2.24, 2.45) is 16.5 Å². The average molecular weight is 605 g/mol. The molecule has 41 heavy (non-hydrogen) atoms. The molecule has 1 aliphatic heterocycles. The summed E-state index contributed by atoms with van der Waals surface area (Å²) in [4.78, 5) is 40.2. The van der Waals surface area contributed by atoms with Crippen molar-refractivity contribution in [3.05, 3.63) is 33.9 Å². The Labute approximate surface area is 241 Å². The van der Waals surface area contributed by atoms with Gasteiger partial charge in [0.25, 0.3) is 0 Å². The van der Waals surface area contributed by atoms with Gasteiger partial charge in [-0.3, -0.25) is 9.79 Å². The van der Waals surface area contributed by atoms with Crippen LogP contribution in [-0.4, -0.2) is 61.9 Å². The van der Waals surface area contributed by atoms with Crippen molar-refractivity contribution in [3.8, 4) is 5.75 Å². The van der Waals surface area contributed by atoms with E-state index in [4.69, 9.17) is 37.3 Å². The first-order valence-corrected chi connectivity index (χ1v) is 13.3. The molecule has 1 unspecified atom stereocenters. The topological polar surface area (TPSA) is 155 Å². The Hall–Kier alpha value is -3.48. The van der Waals surface area contributed by atoms with Gasteiger partial charge in [-0.2, -0.15) is 13.2 Å². The van der Waals surface area contributed by atoms with Crippen molar-refractivity contribution in [2.45, 2.75) is 77.1 Å². The number of rotatable bonds is 12. The molecule has 1 amide bonds. The minimum atomic E-state index is -4.87. The molecule has 0 aliphatic carbocycles. The van der Waals surface area contributed by atoms with Crippen LogP contribution in [0.15, 0.2) is 22.7 Å². The highest BCUT2D eigenvalue weighted by Crippen LogP contribution is 2.42. The molecule has 1 aromatic carbocycles. The smallest absolute Gasteiger partial charge is 0.430 e. The van der Waals surface area contributed by atoms with Crippen LogP contribution in [-0.2, 0) is 29.3 Å². The number of esters is 2. The lowest BCUT2D eigenvalue weighted by Gasteiger charge is -2.30. The fourth-order valence-corrected chi connectivity index (χ4v) is 4.38. The van der Waals surface area contributed by atoms with Gasteiger partial charge in [0.2, 0.25) is 12.0 Å². The van der Waals surface area contributed by atoms with Crippen molar-refractivity contribution in [1.29, 1.82) is 0 Å². The first-order valence-electron chi connectivity index (χ1n) is 13.0. The lowest BCUT2D eigenvalue weighted by atomic mass is 9.85. The number of unbranched alkanes of at least 4 members (excludes halogenated alkanes) is 1. The molecule has 0 radical (unpaired) electrons. The second-order valence-corrected chi connectivity index (χ2v) is 10.9. The minimum absolute atomic E-state index is 0.0335. The third kappa shape index (κ3) is 10.5. The fourth-order valence-electron chi connectivity index (χ4n) is 3.92. The van der Waals surface area contributed by atoms with Crippen LogP contribution in [0.25, 0.3) is 6.08 Å². The summed E-state index contributed by atoms with van der Waals surface area (Å²) in [6.07, 6.45) is -5.17. The van der Waals surface area contributed by atoms with Crippen molar-refractivity contribution >= 4 is 41.5 Å². The molecule has 228 valence electrons. The Morgan fingerprint density at radius 1 is 1.10 bits per heavy atom. The number of amides is 1. The van der Waals surface area contributed by atoms with E-state index in [-0.39, 0.29) is 56.3 Å². The van der Waals surface area contributed by atoms with Crippen LogP contribution < -0.4 is 21.5 Å². The van der Waals surface area contributed by atoms with Crippen LogP contribution in [0.2, 0.25) is 5.02 Å². The Kier molecular flexibility index (Phi) is 11.9. The van der Waals surface area contributed by atoms with E-state index < -0.39 is 47.2 Å². The van der Waals surface area contributed by atoms with E-state index in [1.165, 1.54) is 19.1 Å². The summed E-state index contributed by atoms with van der Waals surface area (Å²) in [6, 6.07) is 2.02. The van der Waals surface area contributed by atoms with Crippen LogP contribution in [0, 0.1) is 0 Å². The quantitative estimate of drug-likeness (QED) is 0.141. The fraction of sp³-hybridized carbons (Fsp3) is 0.556. The number of nitrogens with two attached hydrogens (primary N) is 2. The number of carbonyl (C=O) groups excluding carboxylic acids is 3. The predicted octanol–water partition coefficient (Wildman–Crippen LogP) is 3.77. The number of guanidine groups is 1. The number of nitrogens with zero attached hydrogens (tertiary/aromatic N) is 1. The molecule has 5 N–H and O–H groups in total. The maximum absolute atomic E-state index is 13.8. The van der Waals surface area contributed by atoms with Gasteiger partial charge >= 0.3 is 18.1 Å². The number of aliphatic imine (C=N–C) groups is 1. The van der Waals surface area contributed by atoms with Crippen molar-refractivity contribution in [2.75, 3.05) is 19.8 Å². The van der Waals surface area contributed by atoms with Crippen molar-refractivity contribution in [3.63, 3.8) is 0 Å². The number of alkyl halides is 3. The molecular formula is C27H36ClF3N4O6. The molecule has 14 heteroatoms. The van der Waals surface area contributed by atoms with Gasteiger partial charge in [-0.1, -0.05) is 32.4 Å². The van der Waals surface area contributed by atoms with E-state index in [0.717, 1.165) is 6.08 Å². The second kappa shape index (κ2) is 14.4. The molecule has 1 aromatic rings. The molecule has 0 fully saturated rings. The van der Waals surface area contributed by atoms with Gasteiger partial charge in [0.15, 0.2) is 5.96 Å². The summed E-state index contributed by atoms with van der Waals surface area (Å²) in [5, 5.41) is 2.83. The van der Waals surface area contributed by atoms with Crippen molar-refractivity contribution < 1.29 is 41.8 Å². The van der Waals surface area contributed by atoms with E-state index in [9.17, 15) is 27.6 Å². The van der Waals surface area contributed by atoms with Gasteiger partial charge in [-0.15, -0.1) is 0 Å². The number of hydrogen-bond donors (Lipinski definition) is 3. The molecule has 2 rings (SSSR count). The Bertz CT molecular complexity index is 1180. The van der Waals surface area contributed by atoms with Crippen LogP contribution in [0.1, 0.15) is 64.5 Å². The molecule has 10 nitrogen and oxygen atoms in total. The van der Waals surface area contributed by atoms with E-state index in [1.807, 2.05) is 20.8 Å². The monoisotopic (exact) mass is 604 g/mol.